The van der Waals surface area contributed by atoms with Crippen molar-refractivity contribution in [2.24, 2.45) is 0 Å². The lowest BCUT2D eigenvalue weighted by molar-refractivity contribution is 1.05. The Bertz CT molecular complexity index is 285. The average molecular weight is 350 g/mol. The molecule has 0 aromatic heterocycles. The smallest absolute Gasteiger partial charge is 0.0682 e. The molecule has 0 aliphatic heterocycles. The van der Waals surface area contributed by atoms with E-state index in [-0.39, 0.29) is 0 Å². The van der Waals surface area contributed by atoms with E-state index in [1.54, 1.807) is 0 Å². The molecule has 0 heterocycles. The second-order valence-electron chi connectivity index (χ2n) is 4.55. The maximum atomic E-state index is 3.88. The Kier molecular flexibility index (Phi) is 5.57. The Morgan fingerprint density at radius 1 is 1.20 bits per heavy atom. The van der Waals surface area contributed by atoms with Crippen LogP contribution in [0.2, 0.25) is 19.1 Å². The molecule has 1 unspecified atom stereocenters. The van der Waals surface area contributed by atoms with Crippen LogP contribution < -0.4 is 0 Å². The second-order valence-corrected chi connectivity index (χ2v) is 12.2. The summed E-state index contributed by atoms with van der Waals surface area (Å²) in [6, 6.07) is 12.1. The van der Waals surface area contributed by atoms with Crippen LogP contribution in [0.4, 0.5) is 0 Å². The molecule has 3 heteroatoms. The van der Waals surface area contributed by atoms with Crippen LogP contribution in [0, 0.1) is 0 Å². The first kappa shape index (κ1) is 13.5. The molecular formula is C12H18Br2Si. The van der Waals surface area contributed by atoms with Crippen molar-refractivity contribution in [1.82, 2.24) is 0 Å². The van der Waals surface area contributed by atoms with E-state index >= 15 is 0 Å². The fourth-order valence-corrected chi connectivity index (χ4v) is 5.95. The summed E-state index contributed by atoms with van der Waals surface area (Å²) in [5, 5.41) is 1.12. The molecule has 1 aromatic rings. The van der Waals surface area contributed by atoms with Gasteiger partial charge in [0, 0.05) is 9.78 Å². The van der Waals surface area contributed by atoms with E-state index in [9.17, 15) is 0 Å². The van der Waals surface area contributed by atoms with E-state index in [1.807, 2.05) is 0 Å². The highest BCUT2D eigenvalue weighted by atomic mass is 79.9. The molecule has 0 radical (unpaired) electrons. The molecule has 0 fully saturated rings. The van der Waals surface area contributed by atoms with E-state index < -0.39 is 8.07 Å². The van der Waals surface area contributed by atoms with E-state index in [2.05, 4.69) is 75.3 Å². The number of hydrogen-bond acceptors (Lipinski definition) is 0. The SMILES string of the molecule is C[Si](C)(CCCBr)C(Br)c1ccccc1. The Morgan fingerprint density at radius 3 is 2.33 bits per heavy atom. The fourth-order valence-electron chi connectivity index (χ4n) is 1.72. The van der Waals surface area contributed by atoms with Crippen molar-refractivity contribution < 1.29 is 0 Å². The monoisotopic (exact) mass is 348 g/mol. The lowest BCUT2D eigenvalue weighted by Crippen LogP contribution is -2.31. The highest BCUT2D eigenvalue weighted by Crippen LogP contribution is 2.36. The standard InChI is InChI=1S/C12H18Br2Si/c1-15(2,10-6-9-13)12(14)11-7-4-3-5-8-11/h3-5,7-8,12H,6,9-10H2,1-2H3. The molecule has 15 heavy (non-hydrogen) atoms. The van der Waals surface area contributed by atoms with Crippen LogP contribution in [-0.2, 0) is 0 Å². The predicted molar refractivity (Wildman–Crippen MR) is 78.8 cm³/mol. The minimum atomic E-state index is -1.18. The number of benzene rings is 1. The molecule has 1 rings (SSSR count). The number of alkyl halides is 2. The van der Waals surface area contributed by atoms with Crippen LogP contribution in [0.25, 0.3) is 0 Å². The van der Waals surface area contributed by atoms with Crippen LogP contribution in [0.15, 0.2) is 30.3 Å². The molecule has 0 N–H and O–H groups in total. The highest BCUT2D eigenvalue weighted by molar-refractivity contribution is 9.10. The summed E-state index contributed by atoms with van der Waals surface area (Å²) < 4.78 is 0.574. The highest BCUT2D eigenvalue weighted by Gasteiger charge is 2.30. The van der Waals surface area contributed by atoms with Crippen molar-refractivity contribution in [3.8, 4) is 0 Å². The fraction of sp³-hybridized carbons (Fsp3) is 0.500. The van der Waals surface area contributed by atoms with E-state index in [4.69, 9.17) is 0 Å². The van der Waals surface area contributed by atoms with Crippen molar-refractivity contribution in [3.05, 3.63) is 35.9 Å². The Hall–Kier alpha value is 0.397. The first-order chi connectivity index (χ1) is 7.08. The van der Waals surface area contributed by atoms with Gasteiger partial charge in [0.25, 0.3) is 0 Å². The molecule has 0 bridgehead atoms. The van der Waals surface area contributed by atoms with Gasteiger partial charge in [-0.25, -0.2) is 0 Å². The third kappa shape index (κ3) is 4.04. The maximum Gasteiger partial charge on any atom is 0.0682 e. The largest absolute Gasteiger partial charge is 0.0928 e. The molecule has 0 spiro atoms. The van der Waals surface area contributed by atoms with E-state index in [1.165, 1.54) is 18.0 Å². The quantitative estimate of drug-likeness (QED) is 0.509. The lowest BCUT2D eigenvalue weighted by Gasteiger charge is -2.28. The van der Waals surface area contributed by atoms with Gasteiger partial charge in [-0.2, -0.15) is 0 Å². The van der Waals surface area contributed by atoms with E-state index in [0.717, 1.165) is 5.33 Å². The Morgan fingerprint density at radius 2 is 1.80 bits per heavy atom. The van der Waals surface area contributed by atoms with Gasteiger partial charge >= 0.3 is 0 Å². The summed E-state index contributed by atoms with van der Waals surface area (Å²) in [5.41, 5.74) is 1.43. The first-order valence-corrected chi connectivity index (χ1v) is 10.6. The van der Waals surface area contributed by atoms with Gasteiger partial charge in [-0.3, -0.25) is 0 Å². The van der Waals surface area contributed by atoms with Crippen molar-refractivity contribution in [2.45, 2.75) is 30.0 Å². The minimum Gasteiger partial charge on any atom is -0.0928 e. The molecule has 0 aliphatic carbocycles. The molecule has 1 atom stereocenters. The summed E-state index contributed by atoms with van der Waals surface area (Å²) in [7, 11) is -1.18. The topological polar surface area (TPSA) is 0 Å². The van der Waals surface area contributed by atoms with Crippen LogP contribution in [0.5, 0.6) is 0 Å². The van der Waals surface area contributed by atoms with Crippen LogP contribution in [0.3, 0.4) is 0 Å². The summed E-state index contributed by atoms with van der Waals surface area (Å²) in [6.45, 7) is 4.92. The molecule has 84 valence electrons. The van der Waals surface area contributed by atoms with Gasteiger partial charge in [0.05, 0.1) is 8.07 Å². The first-order valence-electron chi connectivity index (χ1n) is 5.33. The molecular weight excluding hydrogens is 332 g/mol. The molecule has 0 amide bonds. The molecule has 0 saturated heterocycles. The summed E-state index contributed by atoms with van der Waals surface area (Å²) in [4.78, 5) is 0. The van der Waals surface area contributed by atoms with Crippen LogP contribution >= 0.6 is 31.9 Å². The van der Waals surface area contributed by atoms with Gasteiger partial charge in [-0.1, -0.05) is 81.3 Å². The number of halogens is 2. The Balaban J connectivity index is 2.70. The summed E-state index contributed by atoms with van der Waals surface area (Å²) in [6.07, 6.45) is 1.29. The average Bonchev–Trinajstić information content (AvgIpc) is 2.26. The van der Waals surface area contributed by atoms with Crippen LogP contribution in [0.1, 0.15) is 16.4 Å². The number of rotatable bonds is 5. The van der Waals surface area contributed by atoms with Gasteiger partial charge in [0.15, 0.2) is 0 Å². The molecule has 1 aromatic carbocycles. The lowest BCUT2D eigenvalue weighted by atomic mass is 10.2. The van der Waals surface area contributed by atoms with Gasteiger partial charge in [-0.15, -0.1) is 0 Å². The Labute approximate surface area is 111 Å². The third-order valence-electron chi connectivity index (χ3n) is 2.73. The number of hydrogen-bond donors (Lipinski definition) is 0. The summed E-state index contributed by atoms with van der Waals surface area (Å²) in [5.74, 6) is 0. The van der Waals surface area contributed by atoms with E-state index in [0.29, 0.717) is 4.45 Å². The molecule has 0 saturated carbocycles. The van der Waals surface area contributed by atoms with Crippen molar-refractivity contribution in [2.75, 3.05) is 5.33 Å². The zero-order valence-corrected chi connectivity index (χ0v) is 13.5. The third-order valence-corrected chi connectivity index (χ3v) is 10.9. The zero-order valence-electron chi connectivity index (χ0n) is 9.34. The zero-order chi connectivity index (χ0) is 11.3. The molecule has 0 aliphatic rings. The molecule has 0 nitrogen and oxygen atoms in total. The maximum absolute atomic E-state index is 3.88. The van der Waals surface area contributed by atoms with Gasteiger partial charge in [0.2, 0.25) is 0 Å². The second kappa shape index (κ2) is 6.21. The van der Waals surface area contributed by atoms with Gasteiger partial charge in [0.1, 0.15) is 0 Å². The minimum absolute atomic E-state index is 0.574. The predicted octanol–water partition coefficient (Wildman–Crippen LogP) is 5.16. The van der Waals surface area contributed by atoms with Crippen molar-refractivity contribution in [3.63, 3.8) is 0 Å². The van der Waals surface area contributed by atoms with Gasteiger partial charge < -0.3 is 0 Å². The van der Waals surface area contributed by atoms with Crippen LogP contribution in [-0.4, -0.2) is 13.4 Å². The summed E-state index contributed by atoms with van der Waals surface area (Å²) >= 11 is 7.40. The van der Waals surface area contributed by atoms with Gasteiger partial charge in [-0.05, 0) is 12.0 Å². The van der Waals surface area contributed by atoms with Crippen molar-refractivity contribution in [1.29, 1.82) is 0 Å². The normalized spacial score (nSPS) is 13.9. The van der Waals surface area contributed by atoms with Crippen molar-refractivity contribution >= 4 is 39.9 Å².